The van der Waals surface area contributed by atoms with E-state index in [-0.39, 0.29) is 6.10 Å². The van der Waals surface area contributed by atoms with Gasteiger partial charge in [-0.15, -0.1) is 0 Å². The molecule has 0 saturated carbocycles. The summed E-state index contributed by atoms with van der Waals surface area (Å²) < 4.78 is 0. The van der Waals surface area contributed by atoms with E-state index in [1.54, 1.807) is 0 Å². The van der Waals surface area contributed by atoms with Gasteiger partial charge in [0.15, 0.2) is 0 Å². The number of aliphatic hydroxyl groups is 1. The molecule has 0 spiro atoms. The first-order valence-corrected chi connectivity index (χ1v) is 8.78. The molecule has 0 aromatic heterocycles. The van der Waals surface area contributed by atoms with Crippen molar-refractivity contribution in [3.8, 4) is 0 Å². The van der Waals surface area contributed by atoms with Gasteiger partial charge in [0.05, 0.1) is 6.10 Å². The van der Waals surface area contributed by atoms with Gasteiger partial charge >= 0.3 is 0 Å². The predicted octanol–water partition coefficient (Wildman–Crippen LogP) is 3.53. The Bertz CT molecular complexity index is 381. The predicted molar refractivity (Wildman–Crippen MR) is 83.7 cm³/mol. The molecule has 1 N–H and O–H groups in total. The Labute approximate surface area is 119 Å². The molecule has 0 radical (unpaired) electrons. The molecule has 0 amide bonds. The minimum atomic E-state index is -0.214. The van der Waals surface area contributed by atoms with Gasteiger partial charge < -0.3 is 5.11 Å². The van der Waals surface area contributed by atoms with Crippen molar-refractivity contribution in [1.29, 1.82) is 0 Å². The molecule has 1 aliphatic rings. The van der Waals surface area contributed by atoms with E-state index >= 15 is 0 Å². The van der Waals surface area contributed by atoms with Crippen molar-refractivity contribution in [3.05, 3.63) is 35.4 Å². The van der Waals surface area contributed by atoms with Crippen molar-refractivity contribution in [2.75, 3.05) is 11.5 Å². The zero-order valence-electron chi connectivity index (χ0n) is 11.1. The number of aryl methyl sites for hydroxylation is 1. The molecule has 0 aliphatic carbocycles. The van der Waals surface area contributed by atoms with Crippen LogP contribution in [0.15, 0.2) is 24.3 Å². The van der Waals surface area contributed by atoms with Gasteiger partial charge in [0, 0.05) is 22.0 Å². The van der Waals surface area contributed by atoms with Crippen molar-refractivity contribution in [1.82, 2.24) is 0 Å². The SMILES string of the molecule is CCC1SCCSC1C(O)Cc1ccccc1C. The highest BCUT2D eigenvalue weighted by atomic mass is 32.2. The Balaban J connectivity index is 2.02. The van der Waals surface area contributed by atoms with Crippen LogP contribution >= 0.6 is 23.5 Å². The lowest BCUT2D eigenvalue weighted by Crippen LogP contribution is -2.37. The molecule has 100 valence electrons. The minimum Gasteiger partial charge on any atom is -0.392 e. The fraction of sp³-hybridized carbons (Fsp3) is 0.600. The molecule has 3 atom stereocenters. The highest BCUT2D eigenvalue weighted by Crippen LogP contribution is 2.36. The number of thioether (sulfide) groups is 2. The van der Waals surface area contributed by atoms with E-state index in [1.165, 1.54) is 22.6 Å². The number of rotatable bonds is 4. The lowest BCUT2D eigenvalue weighted by atomic mass is 9.99. The summed E-state index contributed by atoms with van der Waals surface area (Å²) in [5.41, 5.74) is 2.58. The van der Waals surface area contributed by atoms with Crippen LogP contribution in [0.3, 0.4) is 0 Å². The zero-order valence-corrected chi connectivity index (χ0v) is 12.8. The van der Waals surface area contributed by atoms with Crippen LogP contribution in [0.4, 0.5) is 0 Å². The third-order valence-corrected chi connectivity index (χ3v) is 6.96. The van der Waals surface area contributed by atoms with Gasteiger partial charge in [-0.1, -0.05) is 31.2 Å². The van der Waals surface area contributed by atoms with E-state index in [1.807, 2.05) is 23.5 Å². The van der Waals surface area contributed by atoms with Gasteiger partial charge in [0.25, 0.3) is 0 Å². The van der Waals surface area contributed by atoms with Gasteiger partial charge in [0.1, 0.15) is 0 Å². The van der Waals surface area contributed by atoms with Crippen LogP contribution in [0.2, 0.25) is 0 Å². The topological polar surface area (TPSA) is 20.2 Å². The summed E-state index contributed by atoms with van der Waals surface area (Å²) in [6, 6.07) is 8.39. The molecular weight excluding hydrogens is 260 g/mol. The van der Waals surface area contributed by atoms with Crippen LogP contribution in [0.25, 0.3) is 0 Å². The monoisotopic (exact) mass is 282 g/mol. The van der Waals surface area contributed by atoms with Crippen molar-refractivity contribution in [3.63, 3.8) is 0 Å². The summed E-state index contributed by atoms with van der Waals surface area (Å²) in [6.07, 6.45) is 1.74. The number of aliphatic hydroxyl groups excluding tert-OH is 1. The van der Waals surface area contributed by atoms with Crippen LogP contribution in [-0.4, -0.2) is 33.2 Å². The van der Waals surface area contributed by atoms with Gasteiger partial charge in [-0.25, -0.2) is 0 Å². The van der Waals surface area contributed by atoms with Crippen LogP contribution < -0.4 is 0 Å². The normalized spacial score (nSPS) is 25.9. The summed E-state index contributed by atoms with van der Waals surface area (Å²) in [6.45, 7) is 4.36. The van der Waals surface area contributed by atoms with Gasteiger partial charge in [-0.05, 0) is 30.9 Å². The van der Waals surface area contributed by atoms with E-state index in [2.05, 4.69) is 38.1 Å². The molecule has 2 rings (SSSR count). The largest absolute Gasteiger partial charge is 0.392 e. The molecule has 1 aromatic carbocycles. The summed E-state index contributed by atoms with van der Waals surface area (Å²) in [4.78, 5) is 0. The number of benzene rings is 1. The van der Waals surface area contributed by atoms with Crippen molar-refractivity contribution < 1.29 is 5.11 Å². The molecule has 1 aliphatic heterocycles. The van der Waals surface area contributed by atoms with E-state index in [4.69, 9.17) is 0 Å². The smallest absolute Gasteiger partial charge is 0.0709 e. The Hall–Kier alpha value is -0.120. The molecule has 3 unspecified atom stereocenters. The average molecular weight is 282 g/mol. The molecule has 1 fully saturated rings. The number of hydrogen-bond donors (Lipinski definition) is 1. The average Bonchev–Trinajstić information content (AvgIpc) is 2.41. The lowest BCUT2D eigenvalue weighted by Gasteiger charge is -2.33. The lowest BCUT2D eigenvalue weighted by molar-refractivity contribution is 0.169. The maximum Gasteiger partial charge on any atom is 0.0709 e. The molecule has 0 bridgehead atoms. The Kier molecular flexibility index (Phi) is 5.46. The van der Waals surface area contributed by atoms with Gasteiger partial charge in [-0.2, -0.15) is 23.5 Å². The molecule has 1 heterocycles. The van der Waals surface area contributed by atoms with Crippen LogP contribution in [0, 0.1) is 6.92 Å². The van der Waals surface area contributed by atoms with Crippen molar-refractivity contribution >= 4 is 23.5 Å². The first-order valence-electron chi connectivity index (χ1n) is 6.68. The number of hydrogen-bond acceptors (Lipinski definition) is 3. The molecule has 3 heteroatoms. The van der Waals surface area contributed by atoms with Crippen LogP contribution in [0.1, 0.15) is 24.5 Å². The Morgan fingerprint density at radius 3 is 2.72 bits per heavy atom. The third kappa shape index (κ3) is 3.46. The molecule has 1 aromatic rings. The van der Waals surface area contributed by atoms with E-state index in [0.717, 1.165) is 12.8 Å². The highest BCUT2D eigenvalue weighted by Gasteiger charge is 2.31. The fourth-order valence-electron chi connectivity index (χ4n) is 2.48. The zero-order chi connectivity index (χ0) is 13.0. The van der Waals surface area contributed by atoms with Crippen molar-refractivity contribution in [2.45, 2.75) is 43.3 Å². The summed E-state index contributed by atoms with van der Waals surface area (Å²) >= 11 is 3.99. The van der Waals surface area contributed by atoms with E-state index < -0.39 is 0 Å². The van der Waals surface area contributed by atoms with Crippen molar-refractivity contribution in [2.24, 2.45) is 0 Å². The quantitative estimate of drug-likeness (QED) is 0.912. The van der Waals surface area contributed by atoms with Gasteiger partial charge in [0.2, 0.25) is 0 Å². The maximum absolute atomic E-state index is 10.5. The molecular formula is C15H22OS2. The fourth-order valence-corrected chi connectivity index (χ4v) is 5.62. The minimum absolute atomic E-state index is 0.214. The Morgan fingerprint density at radius 1 is 1.28 bits per heavy atom. The van der Waals surface area contributed by atoms with Gasteiger partial charge in [-0.3, -0.25) is 0 Å². The second-order valence-electron chi connectivity index (χ2n) is 4.85. The highest BCUT2D eigenvalue weighted by molar-refractivity contribution is 8.07. The molecule has 18 heavy (non-hydrogen) atoms. The summed E-state index contributed by atoms with van der Waals surface area (Å²) in [5, 5.41) is 11.5. The molecule has 1 nitrogen and oxygen atoms in total. The molecule has 1 saturated heterocycles. The van der Waals surface area contributed by atoms with Crippen LogP contribution in [0.5, 0.6) is 0 Å². The van der Waals surface area contributed by atoms with E-state index in [0.29, 0.717) is 10.5 Å². The second-order valence-corrected chi connectivity index (χ2v) is 7.48. The second kappa shape index (κ2) is 6.88. The first kappa shape index (κ1) is 14.3. The maximum atomic E-state index is 10.5. The summed E-state index contributed by atoms with van der Waals surface area (Å²) in [7, 11) is 0. The third-order valence-electron chi connectivity index (χ3n) is 3.56. The van der Waals surface area contributed by atoms with E-state index in [9.17, 15) is 5.11 Å². The first-order chi connectivity index (χ1) is 8.72. The standard InChI is InChI=1S/C15H22OS2/c1-3-14-15(18-9-8-17-14)13(16)10-12-7-5-4-6-11(12)2/h4-7,13-16H,3,8-10H2,1-2H3. The summed E-state index contributed by atoms with van der Waals surface area (Å²) in [5.74, 6) is 2.41. The van der Waals surface area contributed by atoms with Crippen LogP contribution in [-0.2, 0) is 6.42 Å². The Morgan fingerprint density at radius 2 is 2.00 bits per heavy atom.